The van der Waals surface area contributed by atoms with Crippen molar-refractivity contribution in [3.05, 3.63) is 91.3 Å². The van der Waals surface area contributed by atoms with Crippen molar-refractivity contribution in [3.8, 4) is 34.0 Å². The van der Waals surface area contributed by atoms with E-state index in [1.165, 1.54) is 6.39 Å². The first-order valence-electron chi connectivity index (χ1n) is 9.61. The maximum atomic E-state index is 6.00. The SMILES string of the molecule is c1ccc(-c2cccc(-c3cccc(-c4nc5cc6ncoc6cc5o4)c3)n2)cc1. The highest BCUT2D eigenvalue weighted by atomic mass is 16.4. The average Bonchev–Trinajstić information content (AvgIpc) is 3.44. The summed E-state index contributed by atoms with van der Waals surface area (Å²) in [5.74, 6) is 0.554. The molecule has 0 saturated heterocycles. The lowest BCUT2D eigenvalue weighted by atomic mass is 10.1. The van der Waals surface area contributed by atoms with Crippen LogP contribution in [0.25, 0.3) is 56.2 Å². The Morgan fingerprint density at radius 2 is 1.33 bits per heavy atom. The molecule has 0 fully saturated rings. The van der Waals surface area contributed by atoms with E-state index in [4.69, 9.17) is 13.8 Å². The maximum Gasteiger partial charge on any atom is 0.227 e. The molecule has 0 N–H and O–H groups in total. The molecule has 30 heavy (non-hydrogen) atoms. The van der Waals surface area contributed by atoms with Crippen LogP contribution in [0.3, 0.4) is 0 Å². The molecule has 0 aliphatic carbocycles. The molecular formula is C25H15N3O2. The number of fused-ring (bicyclic) bond motifs is 2. The lowest BCUT2D eigenvalue weighted by molar-refractivity contribution is 0.597. The summed E-state index contributed by atoms with van der Waals surface area (Å²) in [6.07, 6.45) is 1.42. The van der Waals surface area contributed by atoms with Gasteiger partial charge in [-0.2, -0.15) is 0 Å². The van der Waals surface area contributed by atoms with Gasteiger partial charge in [0.05, 0.1) is 11.4 Å². The Bertz CT molecular complexity index is 1450. The zero-order chi connectivity index (χ0) is 19.9. The van der Waals surface area contributed by atoms with Crippen LogP contribution >= 0.6 is 0 Å². The van der Waals surface area contributed by atoms with E-state index in [9.17, 15) is 0 Å². The number of aromatic nitrogens is 3. The van der Waals surface area contributed by atoms with Crippen LogP contribution in [-0.2, 0) is 0 Å². The summed E-state index contributed by atoms with van der Waals surface area (Å²) in [6, 6.07) is 28.0. The second-order valence-electron chi connectivity index (χ2n) is 7.01. The molecule has 5 heteroatoms. The number of hydrogen-bond donors (Lipinski definition) is 0. The normalized spacial score (nSPS) is 11.3. The Morgan fingerprint density at radius 1 is 0.567 bits per heavy atom. The van der Waals surface area contributed by atoms with Gasteiger partial charge in [0.15, 0.2) is 17.6 Å². The topological polar surface area (TPSA) is 65.0 Å². The molecule has 0 bridgehead atoms. The van der Waals surface area contributed by atoms with Gasteiger partial charge in [0, 0.05) is 22.8 Å². The van der Waals surface area contributed by atoms with E-state index in [1.807, 2.05) is 72.8 Å². The molecule has 3 heterocycles. The van der Waals surface area contributed by atoms with E-state index in [0.29, 0.717) is 17.1 Å². The van der Waals surface area contributed by atoms with Crippen LogP contribution in [0.5, 0.6) is 0 Å². The van der Waals surface area contributed by atoms with Crippen molar-refractivity contribution in [1.29, 1.82) is 0 Å². The zero-order valence-electron chi connectivity index (χ0n) is 15.8. The highest BCUT2D eigenvalue weighted by Crippen LogP contribution is 2.30. The van der Waals surface area contributed by atoms with E-state index < -0.39 is 0 Å². The number of pyridine rings is 1. The van der Waals surface area contributed by atoms with Crippen molar-refractivity contribution in [2.24, 2.45) is 0 Å². The van der Waals surface area contributed by atoms with Gasteiger partial charge in [0.1, 0.15) is 11.0 Å². The van der Waals surface area contributed by atoms with Gasteiger partial charge in [0.25, 0.3) is 0 Å². The van der Waals surface area contributed by atoms with Crippen LogP contribution in [0.15, 0.2) is 100 Å². The Morgan fingerprint density at radius 3 is 2.23 bits per heavy atom. The Labute approximate surface area is 171 Å². The predicted molar refractivity (Wildman–Crippen MR) is 116 cm³/mol. The highest BCUT2D eigenvalue weighted by molar-refractivity contribution is 5.90. The Kier molecular flexibility index (Phi) is 3.71. The molecule has 0 amide bonds. The van der Waals surface area contributed by atoms with Gasteiger partial charge in [-0.05, 0) is 30.3 Å². The van der Waals surface area contributed by atoms with Crippen LogP contribution < -0.4 is 0 Å². The summed E-state index contributed by atoms with van der Waals surface area (Å²) in [7, 11) is 0. The summed E-state index contributed by atoms with van der Waals surface area (Å²) >= 11 is 0. The Hall–Kier alpha value is -4.25. The molecule has 0 unspecified atom stereocenters. The molecule has 0 aliphatic rings. The van der Waals surface area contributed by atoms with E-state index in [-0.39, 0.29) is 0 Å². The third kappa shape index (κ3) is 2.84. The van der Waals surface area contributed by atoms with Crippen molar-refractivity contribution in [3.63, 3.8) is 0 Å². The van der Waals surface area contributed by atoms with Crippen molar-refractivity contribution in [1.82, 2.24) is 15.0 Å². The van der Waals surface area contributed by atoms with E-state index in [2.05, 4.69) is 22.1 Å². The van der Waals surface area contributed by atoms with E-state index >= 15 is 0 Å². The standard InChI is InChI=1S/C25H15N3O2/c1-2-6-16(7-3-1)19-10-5-11-20(27-19)17-8-4-9-18(12-17)25-28-22-13-21-23(29-15-26-21)14-24(22)30-25/h1-15H. The molecule has 6 rings (SSSR count). The third-order valence-corrected chi connectivity index (χ3v) is 5.06. The molecule has 0 aliphatic heterocycles. The molecule has 3 aromatic heterocycles. The van der Waals surface area contributed by atoms with Gasteiger partial charge < -0.3 is 8.83 Å². The van der Waals surface area contributed by atoms with E-state index in [1.54, 1.807) is 0 Å². The monoisotopic (exact) mass is 389 g/mol. The molecule has 0 saturated carbocycles. The highest BCUT2D eigenvalue weighted by Gasteiger charge is 2.12. The molecule has 3 aromatic carbocycles. The summed E-state index contributed by atoms with van der Waals surface area (Å²) in [5, 5.41) is 0. The lowest BCUT2D eigenvalue weighted by Crippen LogP contribution is -1.88. The van der Waals surface area contributed by atoms with Crippen LogP contribution in [0.1, 0.15) is 0 Å². The van der Waals surface area contributed by atoms with Crippen LogP contribution in [0.4, 0.5) is 0 Å². The van der Waals surface area contributed by atoms with Gasteiger partial charge in [0.2, 0.25) is 5.89 Å². The van der Waals surface area contributed by atoms with Crippen LogP contribution in [0.2, 0.25) is 0 Å². The van der Waals surface area contributed by atoms with Crippen molar-refractivity contribution < 1.29 is 8.83 Å². The third-order valence-electron chi connectivity index (χ3n) is 5.06. The fourth-order valence-corrected chi connectivity index (χ4v) is 3.58. The minimum Gasteiger partial charge on any atom is -0.443 e. The molecular weight excluding hydrogens is 374 g/mol. The minimum absolute atomic E-state index is 0.554. The molecule has 0 radical (unpaired) electrons. The average molecular weight is 389 g/mol. The largest absolute Gasteiger partial charge is 0.443 e. The van der Waals surface area contributed by atoms with Crippen LogP contribution in [0, 0.1) is 0 Å². The second kappa shape index (κ2) is 6.67. The van der Waals surface area contributed by atoms with Crippen molar-refractivity contribution >= 4 is 22.2 Å². The van der Waals surface area contributed by atoms with Crippen LogP contribution in [-0.4, -0.2) is 15.0 Å². The van der Waals surface area contributed by atoms with E-state index in [0.717, 1.165) is 39.1 Å². The maximum absolute atomic E-state index is 6.00. The smallest absolute Gasteiger partial charge is 0.227 e. The van der Waals surface area contributed by atoms with Crippen molar-refractivity contribution in [2.75, 3.05) is 0 Å². The number of hydrogen-bond acceptors (Lipinski definition) is 5. The molecule has 0 atom stereocenters. The quantitative estimate of drug-likeness (QED) is 0.352. The first-order valence-corrected chi connectivity index (χ1v) is 9.61. The van der Waals surface area contributed by atoms with Gasteiger partial charge in [-0.3, -0.25) is 0 Å². The first-order chi connectivity index (χ1) is 14.8. The summed E-state index contributed by atoms with van der Waals surface area (Å²) < 4.78 is 11.4. The summed E-state index contributed by atoms with van der Waals surface area (Å²) in [5.41, 5.74) is 7.69. The molecule has 0 spiro atoms. The lowest BCUT2D eigenvalue weighted by Gasteiger charge is -2.06. The van der Waals surface area contributed by atoms with Gasteiger partial charge in [-0.15, -0.1) is 0 Å². The van der Waals surface area contributed by atoms with Crippen molar-refractivity contribution in [2.45, 2.75) is 0 Å². The van der Waals surface area contributed by atoms with Gasteiger partial charge in [-0.25, -0.2) is 15.0 Å². The Balaban J connectivity index is 1.41. The molecule has 5 nitrogen and oxygen atoms in total. The summed E-state index contributed by atoms with van der Waals surface area (Å²) in [6.45, 7) is 0. The fraction of sp³-hybridized carbons (Fsp3) is 0. The van der Waals surface area contributed by atoms with Gasteiger partial charge >= 0.3 is 0 Å². The fourth-order valence-electron chi connectivity index (χ4n) is 3.58. The first kappa shape index (κ1) is 16.7. The number of benzene rings is 3. The minimum atomic E-state index is 0.554. The number of oxazole rings is 2. The number of nitrogens with zero attached hydrogens (tertiary/aromatic N) is 3. The second-order valence-corrected chi connectivity index (χ2v) is 7.01. The number of rotatable bonds is 3. The molecule has 6 aromatic rings. The van der Waals surface area contributed by atoms with Gasteiger partial charge in [-0.1, -0.05) is 48.5 Å². The zero-order valence-corrected chi connectivity index (χ0v) is 15.8. The predicted octanol–water partition coefficient (Wildman–Crippen LogP) is 6.37. The molecule has 142 valence electrons. The summed E-state index contributed by atoms with van der Waals surface area (Å²) in [4.78, 5) is 13.7.